The fourth-order valence-electron chi connectivity index (χ4n) is 3.34. The Balaban J connectivity index is 1.43. The third kappa shape index (κ3) is 8.02. The highest BCUT2D eigenvalue weighted by molar-refractivity contribution is 5.97. The zero-order valence-corrected chi connectivity index (χ0v) is 20.2. The normalized spacial score (nSPS) is 11.9. The predicted octanol–water partition coefficient (Wildman–Crippen LogP) is 4.18. The van der Waals surface area contributed by atoms with Crippen molar-refractivity contribution < 1.29 is 41.5 Å². The van der Waals surface area contributed by atoms with Gasteiger partial charge in [-0.25, -0.2) is 9.78 Å². The summed E-state index contributed by atoms with van der Waals surface area (Å²) in [5.41, 5.74) is -0.443. The molecule has 38 heavy (non-hydrogen) atoms. The van der Waals surface area contributed by atoms with Crippen LogP contribution >= 0.6 is 0 Å². The van der Waals surface area contributed by atoms with E-state index in [1.807, 2.05) is 6.07 Å². The van der Waals surface area contributed by atoms with Crippen molar-refractivity contribution in [1.29, 1.82) is 0 Å². The number of hydrogen-bond acceptors (Lipinski definition) is 7. The number of nitrogens with one attached hydrogen (secondary N) is 2. The minimum Gasteiger partial charge on any atom is -0.445 e. The molecule has 2 amide bonds. The molecule has 2 N–H and O–H groups in total. The zero-order valence-electron chi connectivity index (χ0n) is 20.2. The fraction of sp³-hybridized carbons (Fsp3) is 0.269. The number of benzene rings is 2. The minimum atomic E-state index is -4.63. The standard InChI is InChI=1S/C26H24F3N3O6/c1-16(11-18(33)12-32-25(36)37-15-17-7-3-2-4-8-17)23(35)30-13-21(34)24-31-14-22(38-24)19-9-5-6-10-20(19)26(27,28)29/h2-10,14,16H,11-13,15H2,1H3,(H,30,35)(H,32,36)/t16-/m1/s1. The van der Waals surface area contributed by atoms with Crippen LogP contribution in [0.1, 0.15) is 35.2 Å². The number of Topliss-reactive ketones (excluding diaryl/α,β-unsaturated/α-hetero) is 2. The summed E-state index contributed by atoms with van der Waals surface area (Å²) in [5, 5.41) is 4.65. The van der Waals surface area contributed by atoms with E-state index < -0.39 is 53.7 Å². The minimum absolute atomic E-state index is 0.0363. The molecule has 200 valence electrons. The summed E-state index contributed by atoms with van der Waals surface area (Å²) in [5.74, 6) is -3.36. The van der Waals surface area contributed by atoms with E-state index in [0.29, 0.717) is 0 Å². The molecule has 0 saturated heterocycles. The van der Waals surface area contributed by atoms with Gasteiger partial charge in [0.1, 0.15) is 6.61 Å². The smallest absolute Gasteiger partial charge is 0.417 e. The molecule has 3 aromatic rings. The molecular formula is C26H24F3N3O6. The topological polar surface area (TPSA) is 128 Å². The average molecular weight is 531 g/mol. The van der Waals surface area contributed by atoms with Crippen LogP contribution in [-0.4, -0.2) is 41.6 Å². The van der Waals surface area contributed by atoms with E-state index >= 15 is 0 Å². The highest BCUT2D eigenvalue weighted by Crippen LogP contribution is 2.37. The van der Waals surface area contributed by atoms with Crippen LogP contribution in [0.4, 0.5) is 18.0 Å². The first-order valence-corrected chi connectivity index (χ1v) is 11.4. The van der Waals surface area contributed by atoms with E-state index in [9.17, 15) is 32.3 Å². The van der Waals surface area contributed by atoms with Crippen molar-refractivity contribution in [2.45, 2.75) is 26.1 Å². The molecule has 9 nitrogen and oxygen atoms in total. The molecule has 0 bridgehead atoms. The number of ketones is 2. The van der Waals surface area contributed by atoms with E-state index in [1.165, 1.54) is 25.1 Å². The number of halogens is 3. The van der Waals surface area contributed by atoms with Crippen molar-refractivity contribution in [3.05, 3.63) is 77.8 Å². The number of carbonyl (C=O) groups excluding carboxylic acids is 4. The Hall–Kier alpha value is -4.48. The third-order valence-electron chi connectivity index (χ3n) is 5.29. The number of aromatic nitrogens is 1. The van der Waals surface area contributed by atoms with Crippen molar-refractivity contribution in [2.75, 3.05) is 13.1 Å². The number of rotatable bonds is 11. The van der Waals surface area contributed by atoms with Crippen LogP contribution in [0, 0.1) is 5.92 Å². The second kappa shape index (κ2) is 12.7. The maximum absolute atomic E-state index is 13.2. The molecule has 0 aliphatic carbocycles. The molecule has 1 aromatic heterocycles. The van der Waals surface area contributed by atoms with Crippen molar-refractivity contribution in [1.82, 2.24) is 15.6 Å². The number of oxazole rings is 1. The molecule has 2 aromatic carbocycles. The third-order valence-corrected chi connectivity index (χ3v) is 5.29. The Morgan fingerprint density at radius 2 is 1.66 bits per heavy atom. The van der Waals surface area contributed by atoms with Gasteiger partial charge >= 0.3 is 12.3 Å². The second-order valence-electron chi connectivity index (χ2n) is 8.27. The summed E-state index contributed by atoms with van der Waals surface area (Å²) in [6.07, 6.45) is -4.63. The zero-order chi connectivity index (χ0) is 27.7. The summed E-state index contributed by atoms with van der Waals surface area (Å²) >= 11 is 0. The number of carbonyl (C=O) groups is 4. The Morgan fingerprint density at radius 1 is 0.974 bits per heavy atom. The molecule has 0 saturated carbocycles. The molecule has 0 aliphatic rings. The lowest BCUT2D eigenvalue weighted by atomic mass is 10.0. The van der Waals surface area contributed by atoms with Gasteiger partial charge in [0.05, 0.1) is 24.8 Å². The van der Waals surface area contributed by atoms with Gasteiger partial charge in [0.15, 0.2) is 11.5 Å². The second-order valence-corrected chi connectivity index (χ2v) is 8.27. The van der Waals surface area contributed by atoms with Crippen LogP contribution in [0.25, 0.3) is 11.3 Å². The van der Waals surface area contributed by atoms with E-state index in [1.54, 1.807) is 24.3 Å². The Bertz CT molecular complexity index is 1290. The van der Waals surface area contributed by atoms with Crippen LogP contribution in [-0.2, 0) is 27.1 Å². The van der Waals surface area contributed by atoms with Crippen molar-refractivity contribution in [3.63, 3.8) is 0 Å². The Kier molecular flexibility index (Phi) is 9.36. The monoisotopic (exact) mass is 531 g/mol. The summed E-state index contributed by atoms with van der Waals surface area (Å²) in [6.45, 7) is 0.613. The van der Waals surface area contributed by atoms with Crippen LogP contribution < -0.4 is 10.6 Å². The van der Waals surface area contributed by atoms with Gasteiger partial charge < -0.3 is 19.8 Å². The molecule has 0 spiro atoms. The summed E-state index contributed by atoms with van der Waals surface area (Å²) in [4.78, 5) is 52.2. The molecule has 1 atom stereocenters. The molecule has 3 rings (SSSR count). The lowest BCUT2D eigenvalue weighted by Crippen LogP contribution is -2.36. The average Bonchev–Trinajstić information content (AvgIpc) is 3.39. The molecule has 0 fully saturated rings. The Morgan fingerprint density at radius 3 is 2.37 bits per heavy atom. The van der Waals surface area contributed by atoms with E-state index in [0.717, 1.165) is 17.8 Å². The SMILES string of the molecule is C[C@H](CC(=O)CNC(=O)OCc1ccccc1)C(=O)NCC(=O)c1ncc(-c2ccccc2C(F)(F)F)o1. The number of alkyl halides is 3. The van der Waals surface area contributed by atoms with Crippen molar-refractivity contribution in [3.8, 4) is 11.3 Å². The lowest BCUT2D eigenvalue weighted by Gasteiger charge is -2.11. The van der Waals surface area contributed by atoms with Gasteiger partial charge in [0.2, 0.25) is 11.7 Å². The van der Waals surface area contributed by atoms with Crippen LogP contribution in [0.15, 0.2) is 65.2 Å². The first-order valence-electron chi connectivity index (χ1n) is 11.4. The molecule has 12 heteroatoms. The number of nitrogens with zero attached hydrogens (tertiary/aromatic N) is 1. The summed E-state index contributed by atoms with van der Waals surface area (Å²) in [7, 11) is 0. The van der Waals surface area contributed by atoms with Crippen LogP contribution in [0.3, 0.4) is 0 Å². The Labute approximate surface area is 215 Å². The number of ether oxygens (including phenoxy) is 1. The predicted molar refractivity (Wildman–Crippen MR) is 128 cm³/mol. The quantitative estimate of drug-likeness (QED) is 0.355. The maximum Gasteiger partial charge on any atom is 0.417 e. The van der Waals surface area contributed by atoms with Gasteiger partial charge in [-0.15, -0.1) is 0 Å². The fourth-order valence-corrected chi connectivity index (χ4v) is 3.34. The number of amides is 2. The first kappa shape index (κ1) is 28.1. The number of hydrogen-bond donors (Lipinski definition) is 2. The highest BCUT2D eigenvalue weighted by Gasteiger charge is 2.34. The highest BCUT2D eigenvalue weighted by atomic mass is 19.4. The molecule has 0 radical (unpaired) electrons. The van der Waals surface area contributed by atoms with Gasteiger partial charge in [-0.2, -0.15) is 13.2 Å². The van der Waals surface area contributed by atoms with Crippen LogP contribution in [0.2, 0.25) is 0 Å². The molecule has 0 unspecified atom stereocenters. The molecule has 1 heterocycles. The number of alkyl carbamates (subject to hydrolysis) is 1. The lowest BCUT2D eigenvalue weighted by molar-refractivity contribution is -0.137. The summed E-state index contributed by atoms with van der Waals surface area (Å²) < 4.78 is 49.9. The maximum atomic E-state index is 13.2. The van der Waals surface area contributed by atoms with Crippen molar-refractivity contribution in [2.24, 2.45) is 5.92 Å². The van der Waals surface area contributed by atoms with Crippen molar-refractivity contribution >= 4 is 23.6 Å². The largest absolute Gasteiger partial charge is 0.445 e. The van der Waals surface area contributed by atoms with Crippen LogP contribution in [0.5, 0.6) is 0 Å². The summed E-state index contributed by atoms with van der Waals surface area (Å²) in [6, 6.07) is 13.6. The van der Waals surface area contributed by atoms with E-state index in [4.69, 9.17) is 9.15 Å². The van der Waals surface area contributed by atoms with Gasteiger partial charge in [0, 0.05) is 17.9 Å². The van der Waals surface area contributed by atoms with E-state index in [-0.39, 0.29) is 30.9 Å². The first-order chi connectivity index (χ1) is 18.0. The molecule has 0 aliphatic heterocycles. The van der Waals surface area contributed by atoms with Gasteiger partial charge in [0.25, 0.3) is 5.89 Å². The van der Waals surface area contributed by atoms with Gasteiger partial charge in [-0.3, -0.25) is 14.4 Å². The van der Waals surface area contributed by atoms with Gasteiger partial charge in [-0.05, 0) is 11.6 Å². The van der Waals surface area contributed by atoms with Gasteiger partial charge in [-0.1, -0.05) is 55.5 Å². The molecular weight excluding hydrogens is 507 g/mol. The van der Waals surface area contributed by atoms with E-state index in [2.05, 4.69) is 15.6 Å².